The highest BCUT2D eigenvalue weighted by Gasteiger charge is 2.23. The molecule has 0 aliphatic carbocycles. The van der Waals surface area contributed by atoms with Gasteiger partial charge < -0.3 is 13.4 Å². The van der Waals surface area contributed by atoms with E-state index in [-0.39, 0.29) is 0 Å². The molecule has 310 valence electrons. The van der Waals surface area contributed by atoms with Gasteiger partial charge in [0.15, 0.2) is 17.5 Å². The minimum Gasteiger partial charge on any atom is -0.456 e. The van der Waals surface area contributed by atoms with Crippen LogP contribution in [0, 0.1) is 0 Å². The second kappa shape index (κ2) is 13.7. The van der Waals surface area contributed by atoms with Gasteiger partial charge in [-0.3, -0.25) is 0 Å². The van der Waals surface area contributed by atoms with Crippen LogP contribution in [0.4, 0.5) is 0 Å². The second-order valence-electron chi connectivity index (χ2n) is 17.5. The molecule has 0 aliphatic rings. The Labute approximate surface area is 381 Å². The van der Waals surface area contributed by atoms with E-state index >= 15 is 0 Å². The van der Waals surface area contributed by atoms with Gasteiger partial charge in [0.1, 0.15) is 22.3 Å². The van der Waals surface area contributed by atoms with Crippen LogP contribution >= 0.6 is 0 Å². The first-order chi connectivity index (χ1) is 33.2. The molecule has 15 aromatic rings. The number of benzene rings is 11. The van der Waals surface area contributed by atoms with E-state index in [0.29, 0.717) is 17.5 Å². The van der Waals surface area contributed by atoms with Crippen molar-refractivity contribution in [2.75, 3.05) is 0 Å². The zero-order valence-electron chi connectivity index (χ0n) is 35.7. The molecule has 15 rings (SSSR count). The fourth-order valence-corrected chi connectivity index (χ4v) is 10.6. The van der Waals surface area contributed by atoms with Gasteiger partial charge in [-0.15, -0.1) is 0 Å². The van der Waals surface area contributed by atoms with E-state index < -0.39 is 0 Å². The molecule has 0 unspecified atom stereocenters. The quantitative estimate of drug-likeness (QED) is 0.176. The van der Waals surface area contributed by atoms with Crippen LogP contribution in [0.15, 0.2) is 215 Å². The molecular formula is C61H34N4O2. The highest BCUT2D eigenvalue weighted by molar-refractivity contribution is 6.25. The lowest BCUT2D eigenvalue weighted by Crippen LogP contribution is -2.01. The lowest BCUT2D eigenvalue weighted by molar-refractivity contribution is 0.669. The first kappa shape index (κ1) is 36.2. The molecule has 67 heavy (non-hydrogen) atoms. The van der Waals surface area contributed by atoms with Crippen molar-refractivity contribution in [3.8, 4) is 39.9 Å². The summed E-state index contributed by atoms with van der Waals surface area (Å²) < 4.78 is 15.5. The normalized spacial score (nSPS) is 12.2. The molecule has 0 fully saturated rings. The molecule has 0 amide bonds. The van der Waals surface area contributed by atoms with Crippen LogP contribution < -0.4 is 0 Å². The van der Waals surface area contributed by atoms with Crippen LogP contribution in [-0.2, 0) is 0 Å². The van der Waals surface area contributed by atoms with Crippen LogP contribution in [-0.4, -0.2) is 19.5 Å². The van der Waals surface area contributed by atoms with Crippen molar-refractivity contribution < 1.29 is 8.83 Å². The SMILES string of the molecule is c1ccc2cc(-c3nc(-c4ccc5oc6ccccc6c5c4)nc(-c4cc5cc(-n6c7cc8ccccc8cc7c7c8ccccc8ccc76)ccc5c5c4oc4ccccc45)n3)ccc2c1. The number of para-hydroxylation sites is 2. The molecule has 4 heterocycles. The molecule has 0 N–H and O–H groups in total. The summed E-state index contributed by atoms with van der Waals surface area (Å²) in [6.45, 7) is 0. The molecule has 6 nitrogen and oxygen atoms in total. The summed E-state index contributed by atoms with van der Waals surface area (Å²) in [5, 5.41) is 15.8. The van der Waals surface area contributed by atoms with Crippen molar-refractivity contribution in [2.45, 2.75) is 0 Å². The van der Waals surface area contributed by atoms with Gasteiger partial charge in [0, 0.05) is 49.1 Å². The summed E-state index contributed by atoms with van der Waals surface area (Å²) in [4.78, 5) is 15.9. The average Bonchev–Trinajstić information content (AvgIpc) is 4.07. The van der Waals surface area contributed by atoms with Gasteiger partial charge in [0.25, 0.3) is 0 Å². The fraction of sp³-hybridized carbons (Fsp3) is 0. The van der Waals surface area contributed by atoms with E-state index in [1.54, 1.807) is 0 Å². The molecule has 0 radical (unpaired) electrons. The largest absolute Gasteiger partial charge is 0.456 e. The van der Waals surface area contributed by atoms with Gasteiger partial charge in [-0.25, -0.2) is 15.0 Å². The molecular weight excluding hydrogens is 821 g/mol. The van der Waals surface area contributed by atoms with Crippen molar-refractivity contribution in [2.24, 2.45) is 0 Å². The van der Waals surface area contributed by atoms with Crippen molar-refractivity contribution in [3.05, 3.63) is 206 Å². The minimum absolute atomic E-state index is 0.525. The molecule has 0 atom stereocenters. The van der Waals surface area contributed by atoms with Crippen LogP contribution in [0.5, 0.6) is 0 Å². The third-order valence-electron chi connectivity index (χ3n) is 13.7. The van der Waals surface area contributed by atoms with Gasteiger partial charge >= 0.3 is 0 Å². The van der Waals surface area contributed by atoms with E-state index in [9.17, 15) is 0 Å². The molecule has 6 heteroatoms. The van der Waals surface area contributed by atoms with E-state index in [0.717, 1.165) is 98.8 Å². The summed E-state index contributed by atoms with van der Waals surface area (Å²) in [6, 6.07) is 72.9. The summed E-state index contributed by atoms with van der Waals surface area (Å²) >= 11 is 0. The van der Waals surface area contributed by atoms with Crippen molar-refractivity contribution >= 4 is 109 Å². The zero-order chi connectivity index (χ0) is 43.7. The van der Waals surface area contributed by atoms with E-state index in [1.807, 2.05) is 42.5 Å². The predicted octanol–water partition coefficient (Wildman–Crippen LogP) is 16.4. The van der Waals surface area contributed by atoms with Crippen LogP contribution in [0.25, 0.3) is 149 Å². The number of fused-ring (bicyclic) bond motifs is 15. The number of hydrogen-bond acceptors (Lipinski definition) is 5. The van der Waals surface area contributed by atoms with Gasteiger partial charge in [-0.1, -0.05) is 133 Å². The van der Waals surface area contributed by atoms with Crippen molar-refractivity contribution in [1.29, 1.82) is 0 Å². The number of nitrogens with zero attached hydrogens (tertiary/aromatic N) is 4. The highest BCUT2D eigenvalue weighted by Crippen LogP contribution is 2.44. The van der Waals surface area contributed by atoms with Gasteiger partial charge in [-0.2, -0.15) is 0 Å². The first-order valence-electron chi connectivity index (χ1n) is 22.6. The third kappa shape index (κ3) is 5.41. The number of furan rings is 2. The highest BCUT2D eigenvalue weighted by atomic mass is 16.3. The first-order valence-corrected chi connectivity index (χ1v) is 22.6. The molecule has 0 saturated heterocycles. The Kier molecular flexibility index (Phi) is 7.40. The second-order valence-corrected chi connectivity index (χ2v) is 17.5. The van der Waals surface area contributed by atoms with Crippen LogP contribution in [0.2, 0.25) is 0 Å². The summed E-state index contributed by atoms with van der Waals surface area (Å²) in [7, 11) is 0. The summed E-state index contributed by atoms with van der Waals surface area (Å²) in [5.74, 6) is 1.66. The van der Waals surface area contributed by atoms with Gasteiger partial charge in [0.05, 0.1) is 16.6 Å². The minimum atomic E-state index is 0.525. The van der Waals surface area contributed by atoms with Crippen LogP contribution in [0.1, 0.15) is 0 Å². The Bertz CT molecular complexity index is 4590. The van der Waals surface area contributed by atoms with E-state index in [2.05, 4.69) is 168 Å². The lowest BCUT2D eigenvalue weighted by Gasteiger charge is -2.13. The zero-order valence-corrected chi connectivity index (χ0v) is 35.7. The Morgan fingerprint density at radius 1 is 0.313 bits per heavy atom. The van der Waals surface area contributed by atoms with Crippen LogP contribution in [0.3, 0.4) is 0 Å². The van der Waals surface area contributed by atoms with E-state index in [1.165, 1.54) is 32.3 Å². The fourth-order valence-electron chi connectivity index (χ4n) is 10.6. The standard InChI is InChI=1S/C61H34N4O2/c1-2-13-37-29-40(22-21-35(37)11-1)59-62-60(41-24-28-55-48(32-41)46-17-7-9-19-53(46)66-55)64-61(63-59)50-33-42-30-43(25-26-45(42)57-47-18-8-10-20-54(47)67-58(50)57)65-51-27-23-36-12-5-6-16-44(36)56(51)49-31-38-14-3-4-15-39(38)34-52(49)65/h1-34H. The molecule has 0 bridgehead atoms. The van der Waals surface area contributed by atoms with Crippen molar-refractivity contribution in [1.82, 2.24) is 19.5 Å². The number of rotatable bonds is 4. The maximum atomic E-state index is 6.87. The maximum absolute atomic E-state index is 6.87. The van der Waals surface area contributed by atoms with Crippen molar-refractivity contribution in [3.63, 3.8) is 0 Å². The Morgan fingerprint density at radius 2 is 0.910 bits per heavy atom. The predicted molar refractivity (Wildman–Crippen MR) is 275 cm³/mol. The van der Waals surface area contributed by atoms with Gasteiger partial charge in [-0.05, 0) is 116 Å². The monoisotopic (exact) mass is 854 g/mol. The Hall–Kier alpha value is -9.13. The maximum Gasteiger partial charge on any atom is 0.167 e. The number of aromatic nitrogens is 4. The molecule has 0 saturated carbocycles. The summed E-state index contributed by atoms with van der Waals surface area (Å²) in [6.07, 6.45) is 0. The third-order valence-corrected chi connectivity index (χ3v) is 13.7. The molecule has 11 aromatic carbocycles. The number of hydrogen-bond donors (Lipinski definition) is 0. The lowest BCUT2D eigenvalue weighted by atomic mass is 9.99. The molecule has 4 aromatic heterocycles. The Morgan fingerprint density at radius 3 is 1.73 bits per heavy atom. The smallest absolute Gasteiger partial charge is 0.167 e. The topological polar surface area (TPSA) is 69.9 Å². The van der Waals surface area contributed by atoms with Gasteiger partial charge in [0.2, 0.25) is 0 Å². The molecule has 0 aliphatic heterocycles. The van der Waals surface area contributed by atoms with E-state index in [4.69, 9.17) is 23.8 Å². The average molecular weight is 855 g/mol. The molecule has 0 spiro atoms. The Balaban J connectivity index is 1.01. The summed E-state index contributed by atoms with van der Waals surface area (Å²) in [5.41, 5.74) is 9.11.